The van der Waals surface area contributed by atoms with Gasteiger partial charge in [-0.25, -0.2) is 0 Å². The predicted molar refractivity (Wildman–Crippen MR) is 133 cm³/mol. The first-order valence-corrected chi connectivity index (χ1v) is 12.0. The van der Waals surface area contributed by atoms with Gasteiger partial charge in [-0.1, -0.05) is 54.6 Å². The Labute approximate surface area is 201 Å². The van der Waals surface area contributed by atoms with E-state index in [1.54, 1.807) is 14.2 Å². The van der Waals surface area contributed by atoms with E-state index < -0.39 is 0 Å². The number of carbonyl (C=O) groups is 1. The van der Waals surface area contributed by atoms with Crippen molar-refractivity contribution in [1.29, 1.82) is 0 Å². The van der Waals surface area contributed by atoms with Gasteiger partial charge in [0.25, 0.3) is 0 Å². The van der Waals surface area contributed by atoms with Crippen LogP contribution in [0.1, 0.15) is 34.7 Å². The van der Waals surface area contributed by atoms with Crippen molar-refractivity contribution in [3.63, 3.8) is 0 Å². The van der Waals surface area contributed by atoms with Gasteiger partial charge in [-0.2, -0.15) is 0 Å². The molecule has 34 heavy (non-hydrogen) atoms. The maximum atomic E-state index is 14.1. The number of amides is 1. The van der Waals surface area contributed by atoms with Gasteiger partial charge in [0.05, 0.1) is 20.3 Å². The highest BCUT2D eigenvalue weighted by atomic mass is 16.5. The molecular formula is C29H32N2O3. The predicted octanol–water partition coefficient (Wildman–Crippen LogP) is 4.60. The minimum absolute atomic E-state index is 0.119. The Morgan fingerprint density at radius 2 is 1.47 bits per heavy atom. The van der Waals surface area contributed by atoms with E-state index >= 15 is 0 Å². The van der Waals surface area contributed by atoms with E-state index in [9.17, 15) is 4.79 Å². The molecule has 0 N–H and O–H groups in total. The van der Waals surface area contributed by atoms with Crippen LogP contribution in [-0.2, 0) is 37.3 Å². The molecule has 2 atom stereocenters. The zero-order valence-electron chi connectivity index (χ0n) is 20.2. The van der Waals surface area contributed by atoms with E-state index in [0.29, 0.717) is 12.3 Å². The fourth-order valence-electron chi connectivity index (χ4n) is 5.36. The SMILES string of the molecule is COc1cc2c(cc1OC)CN(C(=O)[C@@H]1Cc3ccccc3CN1Cc1ccccc1)C(C)C2. The van der Waals surface area contributed by atoms with Crippen LogP contribution in [-0.4, -0.2) is 42.0 Å². The van der Waals surface area contributed by atoms with E-state index in [4.69, 9.17) is 9.47 Å². The summed E-state index contributed by atoms with van der Waals surface area (Å²) in [5, 5.41) is 0. The third kappa shape index (κ3) is 4.28. The number of rotatable bonds is 5. The molecule has 5 heteroatoms. The lowest BCUT2D eigenvalue weighted by molar-refractivity contribution is -0.141. The molecule has 1 amide bonds. The number of fused-ring (bicyclic) bond motifs is 2. The van der Waals surface area contributed by atoms with Crippen molar-refractivity contribution in [3.8, 4) is 11.5 Å². The number of methoxy groups -OCH3 is 2. The van der Waals surface area contributed by atoms with E-state index in [1.807, 2.05) is 12.1 Å². The molecule has 3 aromatic rings. The van der Waals surface area contributed by atoms with Crippen molar-refractivity contribution in [2.75, 3.05) is 14.2 Å². The van der Waals surface area contributed by atoms with Gasteiger partial charge in [-0.3, -0.25) is 9.69 Å². The van der Waals surface area contributed by atoms with Crippen LogP contribution in [0.2, 0.25) is 0 Å². The van der Waals surface area contributed by atoms with Crippen LogP contribution in [0.15, 0.2) is 66.7 Å². The molecule has 0 aromatic heterocycles. The summed E-state index contributed by atoms with van der Waals surface area (Å²) in [6.45, 7) is 4.28. The van der Waals surface area contributed by atoms with Gasteiger partial charge in [-0.15, -0.1) is 0 Å². The second kappa shape index (κ2) is 9.51. The Morgan fingerprint density at radius 3 is 2.18 bits per heavy atom. The van der Waals surface area contributed by atoms with Crippen molar-refractivity contribution < 1.29 is 14.3 Å². The molecule has 0 spiro atoms. The molecular weight excluding hydrogens is 424 g/mol. The maximum Gasteiger partial charge on any atom is 0.240 e. The highest BCUT2D eigenvalue weighted by molar-refractivity contribution is 5.83. The molecule has 0 saturated carbocycles. The molecule has 176 valence electrons. The fraction of sp³-hybridized carbons (Fsp3) is 0.345. The lowest BCUT2D eigenvalue weighted by atomic mass is 9.90. The molecule has 5 rings (SSSR count). The van der Waals surface area contributed by atoms with Crippen molar-refractivity contribution in [2.45, 2.75) is 51.5 Å². The smallest absolute Gasteiger partial charge is 0.240 e. The molecule has 0 aliphatic carbocycles. The molecule has 2 aliphatic heterocycles. The van der Waals surface area contributed by atoms with E-state index in [-0.39, 0.29) is 18.0 Å². The monoisotopic (exact) mass is 456 g/mol. The average molecular weight is 457 g/mol. The summed E-state index contributed by atoms with van der Waals surface area (Å²) in [7, 11) is 3.31. The Balaban J connectivity index is 1.44. The van der Waals surface area contributed by atoms with Crippen LogP contribution < -0.4 is 9.47 Å². The molecule has 0 radical (unpaired) electrons. The Hall–Kier alpha value is -3.31. The molecule has 5 nitrogen and oxygen atoms in total. The van der Waals surface area contributed by atoms with Crippen molar-refractivity contribution in [3.05, 3.63) is 94.5 Å². The second-order valence-corrected chi connectivity index (χ2v) is 9.37. The van der Waals surface area contributed by atoms with E-state index in [0.717, 1.165) is 37.2 Å². The Morgan fingerprint density at radius 1 is 0.824 bits per heavy atom. The average Bonchev–Trinajstić information content (AvgIpc) is 2.87. The Kier molecular flexibility index (Phi) is 6.29. The minimum Gasteiger partial charge on any atom is -0.493 e. The van der Waals surface area contributed by atoms with E-state index in [2.05, 4.69) is 71.3 Å². The summed E-state index contributed by atoms with van der Waals surface area (Å²) in [6.07, 6.45) is 1.55. The fourth-order valence-corrected chi connectivity index (χ4v) is 5.36. The number of carbonyl (C=O) groups excluding carboxylic acids is 1. The first-order valence-electron chi connectivity index (χ1n) is 12.0. The molecule has 0 fully saturated rings. The van der Waals surface area contributed by atoms with Gasteiger partial charge in [-0.05, 0) is 59.7 Å². The van der Waals surface area contributed by atoms with Gasteiger partial charge < -0.3 is 14.4 Å². The van der Waals surface area contributed by atoms with Crippen molar-refractivity contribution >= 4 is 5.91 Å². The number of nitrogens with zero attached hydrogens (tertiary/aromatic N) is 2. The van der Waals surface area contributed by atoms with Crippen molar-refractivity contribution in [2.24, 2.45) is 0 Å². The summed E-state index contributed by atoms with van der Waals surface area (Å²) in [4.78, 5) is 18.5. The quantitative estimate of drug-likeness (QED) is 0.563. The third-order valence-corrected chi connectivity index (χ3v) is 7.24. The van der Waals surface area contributed by atoms with Crippen LogP contribution in [0.4, 0.5) is 0 Å². The normalized spacial score (nSPS) is 19.8. The highest BCUT2D eigenvalue weighted by Crippen LogP contribution is 2.36. The van der Waals surface area contributed by atoms with E-state index in [1.165, 1.54) is 22.3 Å². The zero-order valence-corrected chi connectivity index (χ0v) is 20.2. The van der Waals surface area contributed by atoms with Crippen LogP contribution in [0.5, 0.6) is 11.5 Å². The van der Waals surface area contributed by atoms with Crippen LogP contribution in [0.25, 0.3) is 0 Å². The maximum absolute atomic E-state index is 14.1. The summed E-state index contributed by atoms with van der Waals surface area (Å²) in [5.74, 6) is 1.66. The van der Waals surface area contributed by atoms with Crippen LogP contribution >= 0.6 is 0 Å². The number of hydrogen-bond acceptors (Lipinski definition) is 4. The standard InChI is InChI=1S/C29H32N2O3/c1-20-13-24-15-27(33-2)28(34-3)16-25(24)19-31(20)29(32)26-14-22-11-7-8-12-23(22)18-30(26)17-21-9-5-4-6-10-21/h4-12,15-16,20,26H,13-14,17-19H2,1-3H3/t20?,26-/m0/s1. The summed E-state index contributed by atoms with van der Waals surface area (Å²) in [6, 6.07) is 23.0. The molecule has 0 bridgehead atoms. The van der Waals surface area contributed by atoms with Gasteiger partial charge >= 0.3 is 0 Å². The van der Waals surface area contributed by atoms with Gasteiger partial charge in [0, 0.05) is 25.7 Å². The third-order valence-electron chi connectivity index (χ3n) is 7.24. The van der Waals surface area contributed by atoms with Gasteiger partial charge in [0.15, 0.2) is 11.5 Å². The van der Waals surface area contributed by atoms with Crippen LogP contribution in [0, 0.1) is 0 Å². The molecule has 1 unspecified atom stereocenters. The van der Waals surface area contributed by atoms with Crippen LogP contribution in [0.3, 0.4) is 0 Å². The lowest BCUT2D eigenvalue weighted by Crippen LogP contribution is -2.54. The first kappa shape index (κ1) is 22.5. The molecule has 3 aromatic carbocycles. The number of benzene rings is 3. The molecule has 2 aliphatic rings. The summed E-state index contributed by atoms with van der Waals surface area (Å²) < 4.78 is 11.0. The Bertz CT molecular complexity index is 1180. The highest BCUT2D eigenvalue weighted by Gasteiger charge is 2.37. The first-order chi connectivity index (χ1) is 16.6. The molecule has 0 saturated heterocycles. The summed E-state index contributed by atoms with van der Waals surface area (Å²) >= 11 is 0. The minimum atomic E-state index is -0.181. The number of ether oxygens (including phenoxy) is 2. The lowest BCUT2D eigenvalue weighted by Gasteiger charge is -2.42. The zero-order chi connectivity index (χ0) is 23.7. The largest absolute Gasteiger partial charge is 0.493 e. The van der Waals surface area contributed by atoms with Gasteiger partial charge in [0.1, 0.15) is 0 Å². The van der Waals surface area contributed by atoms with Gasteiger partial charge in [0.2, 0.25) is 5.91 Å². The second-order valence-electron chi connectivity index (χ2n) is 9.37. The van der Waals surface area contributed by atoms with Crippen molar-refractivity contribution in [1.82, 2.24) is 9.80 Å². The molecule has 2 heterocycles. The summed E-state index contributed by atoms with van der Waals surface area (Å²) in [5.41, 5.74) is 6.19. The topological polar surface area (TPSA) is 42.0 Å². The number of hydrogen-bond donors (Lipinski definition) is 0.